The minimum absolute atomic E-state index is 0.0217. The maximum absolute atomic E-state index is 11.2. The molecule has 2 rings (SSSR count). The summed E-state index contributed by atoms with van der Waals surface area (Å²) in [6, 6.07) is 3.80. The number of carbonyl (C=O) groups excluding carboxylic acids is 1. The standard InChI is InChI=1S/C10H13N3O2/c1-7-6-9(14)12-13(7)8-4-3-5-11-10(8)15-2/h3-5,7H,6H2,1-2H3,(H,12,14). The number of carbonyl (C=O) groups is 1. The Labute approximate surface area is 88.0 Å². The van der Waals surface area contributed by atoms with Crippen LogP contribution in [0.5, 0.6) is 5.88 Å². The topological polar surface area (TPSA) is 54.5 Å². The van der Waals surface area contributed by atoms with E-state index in [4.69, 9.17) is 4.74 Å². The lowest BCUT2D eigenvalue weighted by Gasteiger charge is -2.23. The molecule has 1 amide bonds. The summed E-state index contributed by atoms with van der Waals surface area (Å²) in [5, 5.41) is 1.79. The number of hydrazine groups is 1. The molecule has 5 heteroatoms. The van der Waals surface area contributed by atoms with E-state index >= 15 is 0 Å². The van der Waals surface area contributed by atoms with E-state index in [0.29, 0.717) is 12.3 Å². The zero-order valence-corrected chi connectivity index (χ0v) is 8.73. The van der Waals surface area contributed by atoms with Crippen LogP contribution in [-0.4, -0.2) is 24.0 Å². The minimum Gasteiger partial charge on any atom is -0.479 e. The smallest absolute Gasteiger partial charge is 0.240 e. The molecule has 1 N–H and O–H groups in total. The van der Waals surface area contributed by atoms with E-state index in [1.807, 2.05) is 19.1 Å². The van der Waals surface area contributed by atoms with Gasteiger partial charge in [0.05, 0.1) is 19.6 Å². The predicted octanol–water partition coefficient (Wildman–Crippen LogP) is 0.720. The summed E-state index contributed by atoms with van der Waals surface area (Å²) in [5.74, 6) is 0.542. The third-order valence-corrected chi connectivity index (χ3v) is 2.37. The lowest BCUT2D eigenvalue weighted by molar-refractivity contribution is -0.119. The molecule has 15 heavy (non-hydrogen) atoms. The zero-order chi connectivity index (χ0) is 10.8. The third-order valence-electron chi connectivity index (χ3n) is 2.37. The Morgan fingerprint density at radius 1 is 1.67 bits per heavy atom. The quantitative estimate of drug-likeness (QED) is 0.776. The molecular weight excluding hydrogens is 194 g/mol. The van der Waals surface area contributed by atoms with Crippen LogP contribution < -0.4 is 15.2 Å². The number of pyridine rings is 1. The van der Waals surface area contributed by atoms with Crippen molar-refractivity contribution in [3.8, 4) is 5.88 Å². The fraction of sp³-hybridized carbons (Fsp3) is 0.400. The number of aromatic nitrogens is 1. The highest BCUT2D eigenvalue weighted by molar-refractivity contribution is 5.83. The molecule has 0 aromatic carbocycles. The van der Waals surface area contributed by atoms with E-state index in [1.165, 1.54) is 0 Å². The molecule has 0 saturated carbocycles. The number of anilines is 1. The first-order valence-electron chi connectivity index (χ1n) is 4.80. The summed E-state index contributed by atoms with van der Waals surface area (Å²) in [6.45, 7) is 1.98. The molecule has 0 radical (unpaired) electrons. The number of methoxy groups -OCH3 is 1. The van der Waals surface area contributed by atoms with Crippen molar-refractivity contribution in [2.24, 2.45) is 0 Å². The lowest BCUT2D eigenvalue weighted by atomic mass is 10.2. The molecule has 80 valence electrons. The van der Waals surface area contributed by atoms with Crippen molar-refractivity contribution in [3.63, 3.8) is 0 Å². The van der Waals surface area contributed by atoms with Crippen LogP contribution in [0.15, 0.2) is 18.3 Å². The molecule has 1 aliphatic heterocycles. The molecule has 1 aliphatic rings. The van der Waals surface area contributed by atoms with Crippen molar-refractivity contribution >= 4 is 11.6 Å². The van der Waals surface area contributed by atoms with Crippen LogP contribution in [-0.2, 0) is 4.79 Å². The molecule has 1 aromatic rings. The Bertz CT molecular complexity index is 381. The molecular formula is C10H13N3O2. The number of hydrogen-bond acceptors (Lipinski definition) is 4. The van der Waals surface area contributed by atoms with Crippen molar-refractivity contribution in [1.29, 1.82) is 0 Å². The Balaban J connectivity index is 2.32. The monoisotopic (exact) mass is 207 g/mol. The van der Waals surface area contributed by atoms with Gasteiger partial charge in [0, 0.05) is 6.20 Å². The van der Waals surface area contributed by atoms with Gasteiger partial charge in [-0.1, -0.05) is 0 Å². The molecule has 5 nitrogen and oxygen atoms in total. The molecule has 0 spiro atoms. The van der Waals surface area contributed by atoms with Crippen molar-refractivity contribution < 1.29 is 9.53 Å². The van der Waals surface area contributed by atoms with Gasteiger partial charge in [-0.2, -0.15) is 0 Å². The van der Waals surface area contributed by atoms with Gasteiger partial charge in [0.15, 0.2) is 0 Å². The highest BCUT2D eigenvalue weighted by atomic mass is 16.5. The molecule has 2 heterocycles. The van der Waals surface area contributed by atoms with Gasteiger partial charge in [-0.15, -0.1) is 0 Å². The number of nitrogens with zero attached hydrogens (tertiary/aromatic N) is 2. The van der Waals surface area contributed by atoms with Gasteiger partial charge >= 0.3 is 0 Å². The largest absolute Gasteiger partial charge is 0.479 e. The normalized spacial score (nSPS) is 20.3. The predicted molar refractivity (Wildman–Crippen MR) is 55.5 cm³/mol. The van der Waals surface area contributed by atoms with Gasteiger partial charge in [0.1, 0.15) is 5.69 Å². The molecule has 1 atom stereocenters. The maximum atomic E-state index is 11.2. The Kier molecular flexibility index (Phi) is 2.45. The SMILES string of the molecule is COc1ncccc1N1NC(=O)CC1C. The molecule has 1 unspecified atom stereocenters. The second kappa shape index (κ2) is 3.76. The van der Waals surface area contributed by atoms with Gasteiger partial charge in [0.2, 0.25) is 11.8 Å². The van der Waals surface area contributed by atoms with Crippen LogP contribution in [0.4, 0.5) is 5.69 Å². The third kappa shape index (κ3) is 1.72. The van der Waals surface area contributed by atoms with Crippen molar-refractivity contribution in [2.45, 2.75) is 19.4 Å². The van der Waals surface area contributed by atoms with E-state index in [-0.39, 0.29) is 11.9 Å². The first-order chi connectivity index (χ1) is 7.22. The maximum Gasteiger partial charge on any atom is 0.240 e. The van der Waals surface area contributed by atoms with Gasteiger partial charge in [0.25, 0.3) is 0 Å². The second-order valence-electron chi connectivity index (χ2n) is 3.49. The number of amides is 1. The van der Waals surface area contributed by atoms with Crippen LogP contribution in [0.3, 0.4) is 0 Å². The average molecular weight is 207 g/mol. The van der Waals surface area contributed by atoms with Crippen molar-refractivity contribution in [3.05, 3.63) is 18.3 Å². The molecule has 1 fully saturated rings. The van der Waals surface area contributed by atoms with Crippen molar-refractivity contribution in [1.82, 2.24) is 10.4 Å². The van der Waals surface area contributed by atoms with Crippen LogP contribution in [0, 0.1) is 0 Å². The Morgan fingerprint density at radius 3 is 3.07 bits per heavy atom. The van der Waals surface area contributed by atoms with Crippen LogP contribution in [0.1, 0.15) is 13.3 Å². The number of rotatable bonds is 2. The van der Waals surface area contributed by atoms with E-state index in [0.717, 1.165) is 5.69 Å². The molecule has 0 bridgehead atoms. The Morgan fingerprint density at radius 2 is 2.47 bits per heavy atom. The summed E-state index contributed by atoms with van der Waals surface area (Å²) in [4.78, 5) is 15.3. The summed E-state index contributed by atoms with van der Waals surface area (Å²) in [6.07, 6.45) is 2.16. The van der Waals surface area contributed by atoms with Gasteiger partial charge in [-0.3, -0.25) is 15.2 Å². The van der Waals surface area contributed by atoms with E-state index in [9.17, 15) is 4.79 Å². The number of ether oxygens (including phenoxy) is 1. The highest BCUT2D eigenvalue weighted by Gasteiger charge is 2.28. The highest BCUT2D eigenvalue weighted by Crippen LogP contribution is 2.28. The Hall–Kier alpha value is -1.78. The molecule has 1 saturated heterocycles. The van der Waals surface area contributed by atoms with Gasteiger partial charge < -0.3 is 4.74 Å². The van der Waals surface area contributed by atoms with Crippen LogP contribution in [0.2, 0.25) is 0 Å². The number of hydrogen-bond donors (Lipinski definition) is 1. The first-order valence-corrected chi connectivity index (χ1v) is 4.80. The van der Waals surface area contributed by atoms with Gasteiger partial charge in [-0.25, -0.2) is 4.98 Å². The fourth-order valence-corrected chi connectivity index (χ4v) is 1.67. The zero-order valence-electron chi connectivity index (χ0n) is 8.73. The summed E-state index contributed by atoms with van der Waals surface area (Å²) >= 11 is 0. The molecule has 1 aromatic heterocycles. The van der Waals surface area contributed by atoms with E-state index in [2.05, 4.69) is 10.4 Å². The summed E-state index contributed by atoms with van der Waals surface area (Å²) < 4.78 is 5.14. The first kappa shape index (κ1) is 9.76. The second-order valence-corrected chi connectivity index (χ2v) is 3.49. The molecule has 0 aliphatic carbocycles. The number of nitrogens with one attached hydrogen (secondary N) is 1. The van der Waals surface area contributed by atoms with Crippen LogP contribution in [0.25, 0.3) is 0 Å². The fourth-order valence-electron chi connectivity index (χ4n) is 1.67. The van der Waals surface area contributed by atoms with Crippen molar-refractivity contribution in [2.75, 3.05) is 12.1 Å². The van der Waals surface area contributed by atoms with Crippen LogP contribution >= 0.6 is 0 Å². The average Bonchev–Trinajstić information content (AvgIpc) is 2.57. The summed E-state index contributed by atoms with van der Waals surface area (Å²) in [5.41, 5.74) is 3.56. The summed E-state index contributed by atoms with van der Waals surface area (Å²) in [7, 11) is 1.56. The van der Waals surface area contributed by atoms with Gasteiger partial charge in [-0.05, 0) is 19.1 Å². The minimum atomic E-state index is 0.0217. The van der Waals surface area contributed by atoms with E-state index < -0.39 is 0 Å². The lowest BCUT2D eigenvalue weighted by Crippen LogP contribution is -2.37. The van der Waals surface area contributed by atoms with E-state index in [1.54, 1.807) is 18.3 Å².